The van der Waals surface area contributed by atoms with Crippen LogP contribution in [0.15, 0.2) is 60.7 Å². The Morgan fingerprint density at radius 1 is 1.08 bits per heavy atom. The summed E-state index contributed by atoms with van der Waals surface area (Å²) in [6.07, 6.45) is -0.827. The fourth-order valence-corrected chi connectivity index (χ4v) is 9.25. The Hall–Kier alpha value is -4.49. The van der Waals surface area contributed by atoms with Crippen LogP contribution in [0.25, 0.3) is 0 Å². The van der Waals surface area contributed by atoms with Crippen LogP contribution in [-0.2, 0) is 34.0 Å². The van der Waals surface area contributed by atoms with Crippen molar-refractivity contribution in [3.8, 4) is 29.1 Å². The molecule has 0 unspecified atom stereocenters. The lowest BCUT2D eigenvalue weighted by atomic mass is 9.50. The number of halogens is 3. The van der Waals surface area contributed by atoms with Crippen LogP contribution in [0.2, 0.25) is 0 Å². The van der Waals surface area contributed by atoms with Crippen molar-refractivity contribution in [1.82, 2.24) is 9.80 Å². The van der Waals surface area contributed by atoms with Gasteiger partial charge in [0.05, 0.1) is 18.7 Å². The SMILES string of the molecule is COc1cc(OC(C)=O)c2c3c1O[C@H]1[C@H](N(CC(C)C)C(=O)C#Cc4ccc(C(F)(F)F)cc4)CC[C@H]4[C@@H](C2)N(CCc2ccccc2)CC[C@@]341. The van der Waals surface area contributed by atoms with Crippen molar-refractivity contribution in [3.63, 3.8) is 0 Å². The Bertz CT molecular complexity index is 1870. The van der Waals surface area contributed by atoms with Gasteiger partial charge in [0.15, 0.2) is 11.5 Å². The maximum atomic E-state index is 14.1. The predicted octanol–water partition coefficient (Wildman–Crippen LogP) is 6.83. The summed E-state index contributed by atoms with van der Waals surface area (Å²) >= 11 is 0. The number of likely N-dealkylation sites (tertiary alicyclic amines) is 1. The van der Waals surface area contributed by atoms with E-state index in [2.05, 4.69) is 41.0 Å². The van der Waals surface area contributed by atoms with Crippen molar-refractivity contribution < 1.29 is 37.0 Å². The van der Waals surface area contributed by atoms with E-state index in [0.29, 0.717) is 42.2 Å². The van der Waals surface area contributed by atoms with Crippen LogP contribution in [0.5, 0.6) is 17.2 Å². The maximum Gasteiger partial charge on any atom is 0.416 e. The highest BCUT2D eigenvalue weighted by Crippen LogP contribution is 2.65. The van der Waals surface area contributed by atoms with Crippen molar-refractivity contribution in [3.05, 3.63) is 88.5 Å². The van der Waals surface area contributed by atoms with Crippen LogP contribution in [0.3, 0.4) is 0 Å². The summed E-state index contributed by atoms with van der Waals surface area (Å²) in [6, 6.07) is 16.6. The monoisotopic (exact) mass is 700 g/mol. The Balaban J connectivity index is 1.26. The van der Waals surface area contributed by atoms with Gasteiger partial charge in [-0.15, -0.1) is 0 Å². The maximum absolute atomic E-state index is 14.1. The third-order valence-electron chi connectivity index (χ3n) is 11.2. The van der Waals surface area contributed by atoms with Crippen LogP contribution in [0.1, 0.15) is 67.9 Å². The van der Waals surface area contributed by atoms with E-state index in [1.807, 2.05) is 24.8 Å². The molecule has 1 amide bonds. The van der Waals surface area contributed by atoms with E-state index in [0.717, 1.165) is 55.6 Å². The van der Waals surface area contributed by atoms with E-state index in [-0.39, 0.29) is 35.9 Å². The minimum atomic E-state index is -4.45. The number of carbonyl (C=O) groups excluding carboxylic acids is 2. The average Bonchev–Trinajstić information content (AvgIpc) is 3.44. The molecule has 2 fully saturated rings. The molecule has 2 aliphatic heterocycles. The summed E-state index contributed by atoms with van der Waals surface area (Å²) in [4.78, 5) is 30.9. The first-order valence-electron chi connectivity index (χ1n) is 17.8. The molecular formula is C41H43F3N2O5. The summed E-state index contributed by atoms with van der Waals surface area (Å²) in [5.74, 6) is 6.80. The average molecular weight is 701 g/mol. The Morgan fingerprint density at radius 3 is 2.49 bits per heavy atom. The number of nitrogens with zero attached hydrogens (tertiary/aromatic N) is 2. The predicted molar refractivity (Wildman–Crippen MR) is 186 cm³/mol. The lowest BCUT2D eigenvalue weighted by Gasteiger charge is -2.60. The Morgan fingerprint density at radius 2 is 1.82 bits per heavy atom. The number of hydrogen-bond donors (Lipinski definition) is 0. The molecule has 10 heteroatoms. The molecule has 7 nitrogen and oxygen atoms in total. The van der Waals surface area contributed by atoms with Gasteiger partial charge in [-0.05, 0) is 80.3 Å². The number of ether oxygens (including phenoxy) is 3. The molecule has 0 N–H and O–H groups in total. The molecule has 3 aromatic rings. The summed E-state index contributed by atoms with van der Waals surface area (Å²) in [6.45, 7) is 7.69. The second-order valence-electron chi connectivity index (χ2n) is 14.7. The van der Waals surface area contributed by atoms with Crippen molar-refractivity contribution in [2.45, 2.75) is 82.7 Å². The number of methoxy groups -OCH3 is 1. The topological polar surface area (TPSA) is 68.3 Å². The molecule has 7 rings (SSSR count). The molecule has 1 saturated heterocycles. The lowest BCUT2D eigenvalue weighted by Crippen LogP contribution is -2.69. The van der Waals surface area contributed by atoms with Gasteiger partial charge in [0.1, 0.15) is 11.9 Å². The molecular weight excluding hydrogens is 657 g/mol. The van der Waals surface area contributed by atoms with Crippen LogP contribution in [0.4, 0.5) is 13.2 Å². The molecule has 1 saturated carbocycles. The minimum Gasteiger partial charge on any atom is -0.493 e. The zero-order valence-corrected chi connectivity index (χ0v) is 29.4. The van der Waals surface area contributed by atoms with E-state index in [1.54, 1.807) is 13.2 Å². The molecule has 0 radical (unpaired) electrons. The largest absolute Gasteiger partial charge is 0.493 e. The van der Waals surface area contributed by atoms with Gasteiger partial charge in [-0.2, -0.15) is 13.2 Å². The Labute approximate surface area is 297 Å². The lowest BCUT2D eigenvalue weighted by molar-refractivity contribution is -0.138. The fourth-order valence-electron chi connectivity index (χ4n) is 9.25. The molecule has 1 spiro atoms. The van der Waals surface area contributed by atoms with Crippen LogP contribution < -0.4 is 14.2 Å². The summed E-state index contributed by atoms with van der Waals surface area (Å²) < 4.78 is 58.2. The third-order valence-corrected chi connectivity index (χ3v) is 11.2. The normalized spacial score (nSPS) is 24.5. The molecule has 3 aromatic carbocycles. The molecule has 4 aliphatic rings. The van der Waals surface area contributed by atoms with Crippen molar-refractivity contribution in [1.29, 1.82) is 0 Å². The molecule has 2 heterocycles. The molecule has 268 valence electrons. The molecule has 2 aliphatic carbocycles. The van der Waals surface area contributed by atoms with Gasteiger partial charge in [0, 0.05) is 60.1 Å². The summed E-state index contributed by atoms with van der Waals surface area (Å²) in [5.41, 5.74) is 2.42. The van der Waals surface area contributed by atoms with Crippen molar-refractivity contribution in [2.75, 3.05) is 26.7 Å². The first kappa shape index (κ1) is 34.9. The molecule has 51 heavy (non-hydrogen) atoms. The number of carbonyl (C=O) groups is 2. The Kier molecular flexibility index (Phi) is 9.30. The van der Waals surface area contributed by atoms with Gasteiger partial charge in [0.2, 0.25) is 0 Å². The number of hydrogen-bond acceptors (Lipinski definition) is 6. The van der Waals surface area contributed by atoms with Gasteiger partial charge in [-0.1, -0.05) is 50.1 Å². The zero-order valence-electron chi connectivity index (χ0n) is 29.4. The van der Waals surface area contributed by atoms with Gasteiger partial charge in [-0.25, -0.2) is 0 Å². The number of esters is 1. The number of rotatable bonds is 8. The van der Waals surface area contributed by atoms with Gasteiger partial charge < -0.3 is 19.1 Å². The smallest absolute Gasteiger partial charge is 0.416 e. The number of piperidine rings is 1. The highest BCUT2D eigenvalue weighted by molar-refractivity contribution is 5.94. The third kappa shape index (κ3) is 6.35. The standard InChI is InChI=1S/C41H43F3N2O5/c1-25(2)24-46(36(48)17-12-28-10-13-29(14-11-28)41(42,43)44)32-16-15-31-33-22-30-34(50-26(3)47)23-35(49-4)38-37(30)40(31,39(32)51-38)19-21-45(33)20-18-27-8-6-5-7-9-27/h5-11,13-14,23,25,31-33,39H,15-16,18-22,24H2,1-4H3/t31-,32+,33+,39-,40-/m0/s1. The van der Waals surface area contributed by atoms with Crippen molar-refractivity contribution >= 4 is 11.9 Å². The van der Waals surface area contributed by atoms with E-state index >= 15 is 0 Å². The van der Waals surface area contributed by atoms with Crippen LogP contribution in [0, 0.1) is 23.7 Å². The van der Waals surface area contributed by atoms with Crippen molar-refractivity contribution in [2.24, 2.45) is 11.8 Å². The van der Waals surface area contributed by atoms with E-state index in [9.17, 15) is 22.8 Å². The first-order valence-corrected chi connectivity index (χ1v) is 17.8. The van der Waals surface area contributed by atoms with Gasteiger partial charge in [0.25, 0.3) is 5.91 Å². The summed E-state index contributed by atoms with van der Waals surface area (Å²) in [7, 11) is 1.58. The van der Waals surface area contributed by atoms with Crippen LogP contribution in [-0.4, -0.2) is 66.6 Å². The molecule has 5 atom stereocenters. The first-order chi connectivity index (χ1) is 24.4. The summed E-state index contributed by atoms with van der Waals surface area (Å²) in [5, 5.41) is 0. The van der Waals surface area contributed by atoms with Gasteiger partial charge >= 0.3 is 12.1 Å². The number of alkyl halides is 3. The zero-order chi connectivity index (χ0) is 36.1. The number of amides is 1. The minimum absolute atomic E-state index is 0.125. The molecule has 0 aromatic heterocycles. The second-order valence-corrected chi connectivity index (χ2v) is 14.7. The van der Waals surface area contributed by atoms with Gasteiger partial charge in [-0.3, -0.25) is 14.5 Å². The van der Waals surface area contributed by atoms with E-state index < -0.39 is 23.1 Å². The number of benzene rings is 3. The fraction of sp³-hybridized carbons (Fsp3) is 0.463. The quantitative estimate of drug-likeness (QED) is 0.146. The highest BCUT2D eigenvalue weighted by atomic mass is 19.4. The molecule has 2 bridgehead atoms. The second kappa shape index (κ2) is 13.6. The van der Waals surface area contributed by atoms with Crippen LogP contribution >= 0.6 is 0 Å². The van der Waals surface area contributed by atoms with E-state index in [1.165, 1.54) is 24.6 Å². The highest BCUT2D eigenvalue weighted by Gasteiger charge is 2.67. The van der Waals surface area contributed by atoms with E-state index in [4.69, 9.17) is 14.2 Å².